The van der Waals surface area contributed by atoms with E-state index in [1.165, 1.54) is 0 Å². The van der Waals surface area contributed by atoms with Gasteiger partial charge in [-0.25, -0.2) is 4.98 Å². The zero-order valence-corrected chi connectivity index (χ0v) is 24.9. The number of benzene rings is 3. The van der Waals surface area contributed by atoms with Crippen molar-refractivity contribution in [2.75, 3.05) is 37.7 Å². The Morgan fingerprint density at radius 3 is 2.60 bits per heavy atom. The maximum absolute atomic E-state index is 13.2. The molecule has 1 aliphatic heterocycles. The number of rotatable bonds is 10. The maximum atomic E-state index is 13.2. The summed E-state index contributed by atoms with van der Waals surface area (Å²) in [5.74, 6) is 1.48. The minimum atomic E-state index is -0.149. The van der Waals surface area contributed by atoms with Crippen molar-refractivity contribution < 1.29 is 19.4 Å². The Morgan fingerprint density at radius 1 is 1.07 bits per heavy atom. The van der Waals surface area contributed by atoms with Crippen molar-refractivity contribution >= 4 is 48.0 Å². The van der Waals surface area contributed by atoms with Gasteiger partial charge in [0.2, 0.25) is 5.91 Å². The highest BCUT2D eigenvalue weighted by Gasteiger charge is 2.31. The average molecular weight is 631 g/mol. The molecule has 0 bridgehead atoms. The van der Waals surface area contributed by atoms with Crippen LogP contribution >= 0.6 is 36.4 Å². The van der Waals surface area contributed by atoms with Crippen LogP contribution in [0, 0.1) is 11.3 Å². The summed E-state index contributed by atoms with van der Waals surface area (Å²) in [5, 5.41) is 19.3. The highest BCUT2D eigenvalue weighted by molar-refractivity contribution is 6.30. The van der Waals surface area contributed by atoms with Crippen LogP contribution in [-0.4, -0.2) is 58.7 Å². The average Bonchev–Trinajstić information content (AvgIpc) is 3.50. The number of nitrogens with one attached hydrogen (secondary N) is 1. The zero-order valence-electron chi connectivity index (χ0n) is 22.5. The maximum Gasteiger partial charge on any atom is 0.241 e. The lowest BCUT2D eigenvalue weighted by atomic mass is 9.99. The smallest absolute Gasteiger partial charge is 0.241 e. The predicted molar refractivity (Wildman–Crippen MR) is 165 cm³/mol. The van der Waals surface area contributed by atoms with Crippen LogP contribution in [0.15, 0.2) is 79.3 Å². The molecule has 0 saturated carbocycles. The van der Waals surface area contributed by atoms with Gasteiger partial charge in [0, 0.05) is 36.1 Å². The van der Waals surface area contributed by atoms with Gasteiger partial charge in [0.05, 0.1) is 36.8 Å². The number of aromatic amines is 1. The molecule has 5 rings (SSSR count). The van der Waals surface area contributed by atoms with E-state index in [2.05, 4.69) is 20.9 Å². The van der Waals surface area contributed by atoms with E-state index in [9.17, 15) is 10.1 Å². The molecule has 1 fully saturated rings. The lowest BCUT2D eigenvalue weighted by Crippen LogP contribution is -2.51. The number of H-pyrrole nitrogens is 1. The normalized spacial score (nSPS) is 13.8. The molecule has 12 heteroatoms. The number of piperazine rings is 1. The van der Waals surface area contributed by atoms with Crippen molar-refractivity contribution in [3.05, 3.63) is 101 Å². The van der Waals surface area contributed by atoms with Gasteiger partial charge in [0.25, 0.3) is 0 Å². The molecule has 2 heterocycles. The minimum absolute atomic E-state index is 0. The van der Waals surface area contributed by atoms with Crippen molar-refractivity contribution in [3.63, 3.8) is 0 Å². The molecule has 1 aliphatic rings. The highest BCUT2D eigenvalue weighted by atomic mass is 35.5. The van der Waals surface area contributed by atoms with E-state index in [1.54, 1.807) is 59.9 Å². The van der Waals surface area contributed by atoms with E-state index in [4.69, 9.17) is 26.2 Å². The van der Waals surface area contributed by atoms with Crippen LogP contribution in [0.1, 0.15) is 22.9 Å². The standard InChI is InChI=1S/C30H28ClN5O4.2ClH/c31-23-3-1-4-24(15-23)36-10-9-35(19-30(36)38)28(27-18-33-20-34-27)13-21-7-8-22(17-32)29(14-21)40-26-6-2-5-25(16-26)39-12-11-37;;/h1-8,14-16,18,20,28,37H,9-13,19H2,(H,33,34);2*1H. The summed E-state index contributed by atoms with van der Waals surface area (Å²) >= 11 is 6.16. The first-order valence-electron chi connectivity index (χ1n) is 12.9. The SMILES string of the molecule is Cl.Cl.N#Cc1ccc(CC(c2cnc[nH]2)N2CCN(c3cccc(Cl)c3)C(=O)C2)cc1Oc1cccc(OCCO)c1. The highest BCUT2D eigenvalue weighted by Crippen LogP contribution is 2.32. The number of carbonyl (C=O) groups excluding carboxylic acids is 1. The van der Waals surface area contributed by atoms with E-state index in [-0.39, 0.29) is 56.5 Å². The largest absolute Gasteiger partial charge is 0.491 e. The van der Waals surface area contributed by atoms with Crippen LogP contribution in [-0.2, 0) is 11.2 Å². The Hall–Kier alpha value is -3.78. The second kappa shape index (κ2) is 15.4. The Labute approximate surface area is 261 Å². The monoisotopic (exact) mass is 629 g/mol. The molecule has 1 unspecified atom stereocenters. The summed E-state index contributed by atoms with van der Waals surface area (Å²) in [7, 11) is 0. The Morgan fingerprint density at radius 2 is 1.88 bits per heavy atom. The molecule has 2 N–H and O–H groups in total. The first-order valence-corrected chi connectivity index (χ1v) is 13.2. The molecule has 1 atom stereocenters. The number of nitriles is 1. The molecular weight excluding hydrogens is 601 g/mol. The topological polar surface area (TPSA) is 115 Å². The van der Waals surface area contributed by atoms with E-state index in [0.29, 0.717) is 47.3 Å². The fourth-order valence-corrected chi connectivity index (χ4v) is 4.96. The number of imidazole rings is 1. The van der Waals surface area contributed by atoms with Crippen LogP contribution in [0.5, 0.6) is 17.2 Å². The number of carbonyl (C=O) groups is 1. The summed E-state index contributed by atoms with van der Waals surface area (Å²) < 4.78 is 11.6. The Balaban J connectivity index is 0.00000242. The predicted octanol–water partition coefficient (Wildman–Crippen LogP) is 5.57. The fraction of sp³-hybridized carbons (Fsp3) is 0.233. The molecule has 0 radical (unpaired) electrons. The van der Waals surface area contributed by atoms with Gasteiger partial charge >= 0.3 is 0 Å². The van der Waals surface area contributed by atoms with Crippen LogP contribution in [0.25, 0.3) is 0 Å². The first-order chi connectivity index (χ1) is 19.5. The molecule has 220 valence electrons. The summed E-state index contributed by atoms with van der Waals surface area (Å²) in [6.07, 6.45) is 3.97. The number of aliphatic hydroxyl groups is 1. The van der Waals surface area contributed by atoms with Crippen molar-refractivity contribution in [1.82, 2.24) is 14.9 Å². The summed E-state index contributed by atoms with van der Waals surface area (Å²) in [5.41, 5.74) is 3.01. The molecule has 1 aromatic heterocycles. The Kier molecular flexibility index (Phi) is 12.0. The van der Waals surface area contributed by atoms with Crippen LogP contribution in [0.4, 0.5) is 5.69 Å². The van der Waals surface area contributed by atoms with Crippen molar-refractivity contribution in [2.24, 2.45) is 0 Å². The third kappa shape index (κ3) is 7.94. The quantitative estimate of drug-likeness (QED) is 0.235. The van der Waals surface area contributed by atoms with Crippen molar-refractivity contribution in [2.45, 2.75) is 12.5 Å². The summed E-state index contributed by atoms with van der Waals surface area (Å²) in [6.45, 7) is 1.50. The summed E-state index contributed by atoms with van der Waals surface area (Å²) in [6, 6.07) is 21.9. The molecular formula is C30H30Cl3N5O4. The third-order valence-corrected chi connectivity index (χ3v) is 6.91. The number of halogens is 3. The number of amides is 1. The first kappa shape index (κ1) is 32.7. The van der Waals surface area contributed by atoms with Crippen LogP contribution < -0.4 is 14.4 Å². The van der Waals surface area contributed by atoms with Gasteiger partial charge in [-0.05, 0) is 54.4 Å². The molecule has 42 heavy (non-hydrogen) atoms. The number of aromatic nitrogens is 2. The van der Waals surface area contributed by atoms with Gasteiger partial charge in [0.1, 0.15) is 29.9 Å². The third-order valence-electron chi connectivity index (χ3n) is 6.68. The van der Waals surface area contributed by atoms with E-state index in [0.717, 1.165) is 16.9 Å². The molecule has 0 spiro atoms. The number of ether oxygens (including phenoxy) is 2. The van der Waals surface area contributed by atoms with E-state index in [1.807, 2.05) is 24.3 Å². The number of anilines is 1. The molecule has 1 amide bonds. The van der Waals surface area contributed by atoms with Gasteiger partial charge in [-0.1, -0.05) is 29.8 Å². The van der Waals surface area contributed by atoms with E-state index < -0.39 is 0 Å². The lowest BCUT2D eigenvalue weighted by Gasteiger charge is -2.38. The second-order valence-corrected chi connectivity index (χ2v) is 9.75. The molecule has 1 saturated heterocycles. The van der Waals surface area contributed by atoms with Gasteiger partial charge in [-0.3, -0.25) is 9.69 Å². The Bertz CT molecular complexity index is 1510. The number of hydrogen-bond donors (Lipinski definition) is 2. The molecule has 0 aliphatic carbocycles. The van der Waals surface area contributed by atoms with Crippen LogP contribution in [0.2, 0.25) is 5.02 Å². The van der Waals surface area contributed by atoms with Crippen molar-refractivity contribution in [1.29, 1.82) is 5.26 Å². The second-order valence-electron chi connectivity index (χ2n) is 9.31. The number of aliphatic hydroxyl groups excluding tert-OH is 1. The van der Waals surface area contributed by atoms with Crippen LogP contribution in [0.3, 0.4) is 0 Å². The fourth-order valence-electron chi connectivity index (χ4n) is 4.77. The molecule has 9 nitrogen and oxygen atoms in total. The lowest BCUT2D eigenvalue weighted by molar-refractivity contribution is -0.122. The summed E-state index contributed by atoms with van der Waals surface area (Å²) in [4.78, 5) is 24.5. The minimum Gasteiger partial charge on any atom is -0.491 e. The van der Waals surface area contributed by atoms with Gasteiger partial charge in [-0.15, -0.1) is 24.8 Å². The van der Waals surface area contributed by atoms with E-state index >= 15 is 0 Å². The van der Waals surface area contributed by atoms with Gasteiger partial charge < -0.3 is 24.5 Å². The molecule has 4 aromatic rings. The van der Waals surface area contributed by atoms with Gasteiger partial charge in [-0.2, -0.15) is 5.26 Å². The number of hydrogen-bond acceptors (Lipinski definition) is 7. The van der Waals surface area contributed by atoms with Crippen molar-refractivity contribution in [3.8, 4) is 23.3 Å². The van der Waals surface area contributed by atoms with Gasteiger partial charge in [0.15, 0.2) is 0 Å². The molecule has 3 aromatic carbocycles. The number of nitrogens with zero attached hydrogens (tertiary/aromatic N) is 4. The zero-order chi connectivity index (χ0) is 27.9.